The van der Waals surface area contributed by atoms with E-state index in [9.17, 15) is 4.79 Å². The lowest BCUT2D eigenvalue weighted by molar-refractivity contribution is -0.131. The van der Waals surface area contributed by atoms with E-state index in [4.69, 9.17) is 9.84 Å². The fraction of sp³-hybridized carbons (Fsp3) is 0.308. The van der Waals surface area contributed by atoms with Gasteiger partial charge in [-0.05, 0) is 30.5 Å². The molecule has 0 unspecified atom stereocenters. The van der Waals surface area contributed by atoms with Crippen LogP contribution in [0.25, 0.3) is 5.57 Å². The average Bonchev–Trinajstić information content (AvgIpc) is 2.23. The van der Waals surface area contributed by atoms with Crippen molar-refractivity contribution in [3.05, 3.63) is 34.9 Å². The van der Waals surface area contributed by atoms with Crippen LogP contribution in [0, 0.1) is 13.8 Å². The van der Waals surface area contributed by atoms with Gasteiger partial charge in [-0.15, -0.1) is 0 Å². The molecule has 3 nitrogen and oxygen atoms in total. The first kappa shape index (κ1) is 10.7. The lowest BCUT2D eigenvalue weighted by Gasteiger charge is -2.23. The van der Waals surface area contributed by atoms with E-state index >= 15 is 0 Å². The molecule has 1 aliphatic heterocycles. The van der Waals surface area contributed by atoms with Crippen molar-refractivity contribution in [1.29, 1.82) is 0 Å². The van der Waals surface area contributed by atoms with E-state index in [-0.39, 0.29) is 0 Å². The lowest BCUT2D eigenvalue weighted by Crippen LogP contribution is -2.11. The molecule has 3 heteroatoms. The van der Waals surface area contributed by atoms with Crippen LogP contribution in [0.1, 0.15) is 23.1 Å². The monoisotopic (exact) mass is 218 g/mol. The van der Waals surface area contributed by atoms with Crippen molar-refractivity contribution in [3.63, 3.8) is 0 Å². The Balaban J connectivity index is 2.62. The Hall–Kier alpha value is -1.77. The van der Waals surface area contributed by atoms with Crippen molar-refractivity contribution in [3.8, 4) is 5.75 Å². The number of carboxylic acids is 1. The number of hydrogen-bond acceptors (Lipinski definition) is 2. The molecular weight excluding hydrogens is 204 g/mol. The van der Waals surface area contributed by atoms with E-state index in [0.717, 1.165) is 28.0 Å². The van der Waals surface area contributed by atoms with Crippen molar-refractivity contribution in [1.82, 2.24) is 0 Å². The van der Waals surface area contributed by atoms with Crippen LogP contribution in [-0.2, 0) is 4.79 Å². The Bertz CT molecular complexity index is 472. The maximum absolute atomic E-state index is 10.8. The number of aliphatic carboxylic acids is 1. The van der Waals surface area contributed by atoms with Gasteiger partial charge in [0.2, 0.25) is 0 Å². The summed E-state index contributed by atoms with van der Waals surface area (Å²) in [5.41, 5.74) is 3.92. The van der Waals surface area contributed by atoms with Crippen molar-refractivity contribution in [2.24, 2.45) is 0 Å². The van der Waals surface area contributed by atoms with Gasteiger partial charge in [-0.2, -0.15) is 0 Å². The molecule has 0 saturated carbocycles. The number of benzene rings is 1. The molecule has 0 spiro atoms. The second kappa shape index (κ2) is 4.00. The Morgan fingerprint density at radius 3 is 2.75 bits per heavy atom. The normalized spacial score (nSPS) is 16.8. The summed E-state index contributed by atoms with van der Waals surface area (Å²) in [7, 11) is 0. The van der Waals surface area contributed by atoms with Gasteiger partial charge in [0.05, 0.1) is 6.61 Å². The van der Waals surface area contributed by atoms with Crippen LogP contribution in [0.15, 0.2) is 18.2 Å². The maximum Gasteiger partial charge on any atom is 0.328 e. The number of aryl methyl sites for hydroxylation is 2. The molecule has 0 saturated heterocycles. The first-order valence-electron chi connectivity index (χ1n) is 5.26. The predicted molar refractivity (Wildman–Crippen MR) is 61.6 cm³/mol. The average molecular weight is 218 g/mol. The molecule has 1 aliphatic rings. The predicted octanol–water partition coefficient (Wildman–Crippen LogP) is 2.55. The number of fused-ring (bicyclic) bond motifs is 1. The second-order valence-corrected chi connectivity index (χ2v) is 4.01. The lowest BCUT2D eigenvalue weighted by atomic mass is 9.93. The topological polar surface area (TPSA) is 46.5 Å². The van der Waals surface area contributed by atoms with E-state index in [1.807, 2.05) is 26.0 Å². The molecule has 0 aromatic heterocycles. The van der Waals surface area contributed by atoms with Crippen molar-refractivity contribution in [2.75, 3.05) is 6.61 Å². The zero-order valence-corrected chi connectivity index (χ0v) is 9.41. The number of carboxylic acid groups (broad SMARTS) is 1. The summed E-state index contributed by atoms with van der Waals surface area (Å²) in [5.74, 6) is -0.0671. The highest BCUT2D eigenvalue weighted by atomic mass is 16.5. The highest BCUT2D eigenvalue weighted by Crippen LogP contribution is 2.37. The van der Waals surface area contributed by atoms with Gasteiger partial charge in [0.25, 0.3) is 0 Å². The van der Waals surface area contributed by atoms with Gasteiger partial charge in [0.15, 0.2) is 0 Å². The first-order chi connectivity index (χ1) is 7.59. The molecule has 1 N–H and O–H groups in total. The minimum Gasteiger partial charge on any atom is -0.492 e. The Labute approximate surface area is 94.4 Å². The van der Waals surface area contributed by atoms with Crippen molar-refractivity contribution in [2.45, 2.75) is 20.3 Å². The molecule has 0 amide bonds. The number of hydrogen-bond donors (Lipinski definition) is 1. The smallest absolute Gasteiger partial charge is 0.328 e. The molecule has 0 bridgehead atoms. The third-order valence-electron chi connectivity index (χ3n) is 2.80. The third-order valence-corrected chi connectivity index (χ3v) is 2.80. The van der Waals surface area contributed by atoms with E-state index in [1.165, 1.54) is 6.08 Å². The van der Waals surface area contributed by atoms with E-state index in [0.29, 0.717) is 13.0 Å². The summed E-state index contributed by atoms with van der Waals surface area (Å²) in [4.78, 5) is 10.8. The summed E-state index contributed by atoms with van der Waals surface area (Å²) in [6, 6.07) is 4.00. The third kappa shape index (κ3) is 1.81. The van der Waals surface area contributed by atoms with Crippen LogP contribution < -0.4 is 4.74 Å². The minimum absolute atomic E-state index is 0.552. The van der Waals surface area contributed by atoms with Gasteiger partial charge in [-0.25, -0.2) is 4.79 Å². The van der Waals surface area contributed by atoms with Crippen LogP contribution in [-0.4, -0.2) is 17.7 Å². The summed E-state index contributed by atoms with van der Waals surface area (Å²) in [6.45, 7) is 4.50. The zero-order chi connectivity index (χ0) is 11.7. The van der Waals surface area contributed by atoms with E-state index in [2.05, 4.69) is 0 Å². The molecule has 0 radical (unpaired) electrons. The van der Waals surface area contributed by atoms with Crippen LogP contribution >= 0.6 is 0 Å². The highest BCUT2D eigenvalue weighted by molar-refractivity contribution is 5.92. The molecule has 2 rings (SSSR count). The molecular formula is C13H14O3. The zero-order valence-electron chi connectivity index (χ0n) is 9.41. The number of rotatable bonds is 1. The van der Waals surface area contributed by atoms with Crippen LogP contribution in [0.4, 0.5) is 0 Å². The Morgan fingerprint density at radius 2 is 2.06 bits per heavy atom. The van der Waals surface area contributed by atoms with E-state index < -0.39 is 5.97 Å². The highest BCUT2D eigenvalue weighted by Gasteiger charge is 2.19. The van der Waals surface area contributed by atoms with Crippen molar-refractivity contribution >= 4 is 11.5 Å². The number of ether oxygens (including phenoxy) is 1. The standard InChI is InChI=1S/C13H14O3/c1-8-3-4-9(2)13-12(8)10(5-6-16-13)7-11(14)15/h3-4,7H,5-6H2,1-2H3,(H,14,15)/b10-7+. The van der Waals surface area contributed by atoms with Gasteiger partial charge in [0, 0.05) is 18.1 Å². The fourth-order valence-electron chi connectivity index (χ4n) is 2.05. The molecule has 1 aromatic rings. The van der Waals surface area contributed by atoms with Gasteiger partial charge in [0.1, 0.15) is 5.75 Å². The molecule has 1 heterocycles. The summed E-state index contributed by atoms with van der Waals surface area (Å²) in [6.07, 6.45) is 1.94. The summed E-state index contributed by atoms with van der Waals surface area (Å²) < 4.78 is 5.61. The molecule has 16 heavy (non-hydrogen) atoms. The van der Waals surface area contributed by atoms with Crippen molar-refractivity contribution < 1.29 is 14.6 Å². The van der Waals surface area contributed by atoms with Gasteiger partial charge < -0.3 is 9.84 Å². The SMILES string of the molecule is Cc1ccc(C)c2c1OCC/C2=C\C(=O)O. The van der Waals surface area contributed by atoms with Gasteiger partial charge in [-0.1, -0.05) is 12.1 Å². The Kier molecular flexibility index (Phi) is 2.69. The second-order valence-electron chi connectivity index (χ2n) is 4.01. The molecule has 84 valence electrons. The maximum atomic E-state index is 10.8. The van der Waals surface area contributed by atoms with Crippen LogP contribution in [0.3, 0.4) is 0 Å². The largest absolute Gasteiger partial charge is 0.492 e. The molecule has 0 atom stereocenters. The van der Waals surface area contributed by atoms with Crippen LogP contribution in [0.5, 0.6) is 5.75 Å². The molecule has 0 aliphatic carbocycles. The van der Waals surface area contributed by atoms with Crippen LogP contribution in [0.2, 0.25) is 0 Å². The minimum atomic E-state index is -0.899. The summed E-state index contributed by atoms with van der Waals surface area (Å²) >= 11 is 0. The fourth-order valence-corrected chi connectivity index (χ4v) is 2.05. The molecule has 0 fully saturated rings. The quantitative estimate of drug-likeness (QED) is 0.737. The van der Waals surface area contributed by atoms with Gasteiger partial charge in [-0.3, -0.25) is 0 Å². The Morgan fingerprint density at radius 1 is 1.38 bits per heavy atom. The summed E-state index contributed by atoms with van der Waals surface area (Å²) in [5, 5.41) is 8.83. The van der Waals surface area contributed by atoms with Gasteiger partial charge >= 0.3 is 5.97 Å². The molecule has 1 aromatic carbocycles. The van der Waals surface area contributed by atoms with E-state index in [1.54, 1.807) is 0 Å². The first-order valence-corrected chi connectivity index (χ1v) is 5.26. The number of carbonyl (C=O) groups is 1.